The van der Waals surface area contributed by atoms with Crippen LogP contribution in [0.2, 0.25) is 0 Å². The minimum absolute atomic E-state index is 0.103. The van der Waals surface area contributed by atoms with E-state index >= 15 is 0 Å². The average Bonchev–Trinajstić information content (AvgIpc) is 2.98. The SMILES string of the molecule is N#C[C@H](NC(=O)CCCn1cccc1)c1cccc(Br)c1. The molecule has 1 amide bonds. The number of amides is 1. The van der Waals surface area contributed by atoms with Gasteiger partial charge in [-0.05, 0) is 36.2 Å². The highest BCUT2D eigenvalue weighted by molar-refractivity contribution is 9.10. The Balaban J connectivity index is 1.84. The highest BCUT2D eigenvalue weighted by Crippen LogP contribution is 2.18. The van der Waals surface area contributed by atoms with Gasteiger partial charge in [-0.1, -0.05) is 28.1 Å². The van der Waals surface area contributed by atoms with E-state index in [4.69, 9.17) is 0 Å². The van der Waals surface area contributed by atoms with Crippen LogP contribution in [0, 0.1) is 11.3 Å². The molecular formula is C16H16BrN3O. The predicted octanol–water partition coefficient (Wildman–Crippen LogP) is 3.41. The van der Waals surface area contributed by atoms with Crippen molar-refractivity contribution in [3.63, 3.8) is 0 Å². The number of halogens is 1. The molecule has 5 heteroatoms. The molecule has 0 spiro atoms. The second-order valence-corrected chi connectivity index (χ2v) is 5.62. The highest BCUT2D eigenvalue weighted by Gasteiger charge is 2.13. The van der Waals surface area contributed by atoms with E-state index < -0.39 is 6.04 Å². The number of nitrogens with zero attached hydrogens (tertiary/aromatic N) is 2. The van der Waals surface area contributed by atoms with E-state index in [1.165, 1.54) is 0 Å². The molecule has 0 aliphatic carbocycles. The number of nitrogens with one attached hydrogen (secondary N) is 1. The molecule has 1 N–H and O–H groups in total. The zero-order valence-electron chi connectivity index (χ0n) is 11.5. The van der Waals surface area contributed by atoms with Crippen molar-refractivity contribution in [2.75, 3.05) is 0 Å². The van der Waals surface area contributed by atoms with Crippen LogP contribution in [-0.4, -0.2) is 10.5 Å². The van der Waals surface area contributed by atoms with Crippen LogP contribution in [0.25, 0.3) is 0 Å². The third kappa shape index (κ3) is 4.76. The van der Waals surface area contributed by atoms with Crippen molar-refractivity contribution in [3.05, 3.63) is 58.8 Å². The summed E-state index contributed by atoms with van der Waals surface area (Å²) in [5.74, 6) is -0.103. The molecule has 1 aromatic heterocycles. The lowest BCUT2D eigenvalue weighted by Crippen LogP contribution is -2.27. The molecule has 2 rings (SSSR count). The maximum Gasteiger partial charge on any atom is 0.221 e. The van der Waals surface area contributed by atoms with Crippen LogP contribution in [-0.2, 0) is 11.3 Å². The number of aromatic nitrogens is 1. The minimum Gasteiger partial charge on any atom is -0.354 e. The van der Waals surface area contributed by atoms with Gasteiger partial charge in [0.25, 0.3) is 0 Å². The molecule has 0 fully saturated rings. The van der Waals surface area contributed by atoms with E-state index in [0.717, 1.165) is 23.0 Å². The van der Waals surface area contributed by atoms with Gasteiger partial charge in [0, 0.05) is 29.8 Å². The Kier molecular flexibility index (Phi) is 5.59. The second kappa shape index (κ2) is 7.65. The maximum atomic E-state index is 11.9. The summed E-state index contributed by atoms with van der Waals surface area (Å²) in [6.07, 6.45) is 5.09. The van der Waals surface area contributed by atoms with Gasteiger partial charge in [-0.25, -0.2) is 0 Å². The third-order valence-corrected chi connectivity index (χ3v) is 3.60. The summed E-state index contributed by atoms with van der Waals surface area (Å²) < 4.78 is 2.92. The second-order valence-electron chi connectivity index (χ2n) is 4.71. The van der Waals surface area contributed by atoms with Crippen LogP contribution in [0.4, 0.5) is 0 Å². The molecule has 0 bridgehead atoms. The summed E-state index contributed by atoms with van der Waals surface area (Å²) in [6.45, 7) is 0.800. The summed E-state index contributed by atoms with van der Waals surface area (Å²) in [5, 5.41) is 12.0. The molecule has 0 saturated heterocycles. The molecule has 1 aromatic carbocycles. The molecule has 0 radical (unpaired) electrons. The van der Waals surface area contributed by atoms with E-state index in [1.54, 1.807) is 0 Å². The number of hydrogen-bond donors (Lipinski definition) is 1. The Hall–Kier alpha value is -2.06. The van der Waals surface area contributed by atoms with Crippen LogP contribution in [0.15, 0.2) is 53.3 Å². The van der Waals surface area contributed by atoms with Gasteiger partial charge in [0.15, 0.2) is 0 Å². The van der Waals surface area contributed by atoms with Crippen LogP contribution in [0.5, 0.6) is 0 Å². The zero-order chi connectivity index (χ0) is 15.1. The minimum atomic E-state index is -0.610. The summed E-state index contributed by atoms with van der Waals surface area (Å²) >= 11 is 3.36. The molecule has 108 valence electrons. The van der Waals surface area contributed by atoms with E-state index in [9.17, 15) is 10.1 Å². The van der Waals surface area contributed by atoms with E-state index in [2.05, 4.69) is 27.3 Å². The molecule has 21 heavy (non-hydrogen) atoms. The molecule has 1 heterocycles. The van der Waals surface area contributed by atoms with Gasteiger partial charge < -0.3 is 9.88 Å². The van der Waals surface area contributed by atoms with Gasteiger partial charge in [-0.2, -0.15) is 5.26 Å². The quantitative estimate of drug-likeness (QED) is 0.871. The van der Waals surface area contributed by atoms with Gasteiger partial charge in [-0.15, -0.1) is 0 Å². The van der Waals surface area contributed by atoms with Gasteiger partial charge in [0.05, 0.1) is 6.07 Å². The lowest BCUT2D eigenvalue weighted by Gasteiger charge is -2.12. The maximum absolute atomic E-state index is 11.9. The van der Waals surface area contributed by atoms with E-state index in [-0.39, 0.29) is 5.91 Å². The predicted molar refractivity (Wildman–Crippen MR) is 84.3 cm³/mol. The van der Waals surface area contributed by atoms with Crippen LogP contribution >= 0.6 is 15.9 Å². The highest BCUT2D eigenvalue weighted by atomic mass is 79.9. The average molecular weight is 346 g/mol. The number of rotatable bonds is 6. The molecule has 0 aliphatic heterocycles. The van der Waals surface area contributed by atoms with Crippen molar-refractivity contribution in [2.45, 2.75) is 25.4 Å². The molecule has 1 atom stereocenters. The molecule has 0 unspecified atom stereocenters. The number of nitriles is 1. The van der Waals surface area contributed by atoms with Crippen LogP contribution < -0.4 is 5.32 Å². The third-order valence-electron chi connectivity index (χ3n) is 3.10. The Morgan fingerprint density at radius 1 is 1.33 bits per heavy atom. The van der Waals surface area contributed by atoms with Crippen molar-refractivity contribution < 1.29 is 4.79 Å². The summed E-state index contributed by atoms with van der Waals surface area (Å²) in [5.41, 5.74) is 0.783. The molecule has 0 aliphatic rings. The van der Waals surface area contributed by atoms with Gasteiger partial charge >= 0.3 is 0 Å². The Morgan fingerprint density at radius 3 is 2.76 bits per heavy atom. The standard InChI is InChI=1S/C16H16BrN3O/c17-14-6-3-5-13(11-14)15(12-18)19-16(21)7-4-10-20-8-1-2-9-20/h1-3,5-6,8-9,11,15H,4,7,10H2,(H,19,21)/t15-/m0/s1. The van der Waals surface area contributed by atoms with Crippen LogP contribution in [0.1, 0.15) is 24.4 Å². The lowest BCUT2D eigenvalue weighted by molar-refractivity contribution is -0.121. The Labute approximate surface area is 132 Å². The first-order valence-corrected chi connectivity index (χ1v) is 7.53. The zero-order valence-corrected chi connectivity index (χ0v) is 13.1. The van der Waals surface area contributed by atoms with Gasteiger partial charge in [0.2, 0.25) is 5.91 Å². The summed E-state index contributed by atoms with van der Waals surface area (Å²) in [4.78, 5) is 11.9. The smallest absolute Gasteiger partial charge is 0.221 e. The number of hydrogen-bond acceptors (Lipinski definition) is 2. The fourth-order valence-corrected chi connectivity index (χ4v) is 2.47. The van der Waals surface area contributed by atoms with Gasteiger partial charge in [0.1, 0.15) is 6.04 Å². The topological polar surface area (TPSA) is 57.8 Å². The van der Waals surface area contributed by atoms with Crippen molar-refractivity contribution in [1.29, 1.82) is 5.26 Å². The van der Waals surface area contributed by atoms with Crippen LogP contribution in [0.3, 0.4) is 0 Å². The first-order chi connectivity index (χ1) is 10.2. The van der Waals surface area contributed by atoms with Crippen molar-refractivity contribution in [2.24, 2.45) is 0 Å². The van der Waals surface area contributed by atoms with Crippen molar-refractivity contribution in [1.82, 2.24) is 9.88 Å². The van der Waals surface area contributed by atoms with E-state index in [0.29, 0.717) is 6.42 Å². The summed E-state index contributed by atoms with van der Waals surface area (Å²) in [6, 6.07) is 12.8. The molecule has 2 aromatic rings. The number of carbonyl (C=O) groups excluding carboxylic acids is 1. The summed E-state index contributed by atoms with van der Waals surface area (Å²) in [7, 11) is 0. The van der Waals surface area contributed by atoms with Crippen molar-refractivity contribution in [3.8, 4) is 6.07 Å². The largest absolute Gasteiger partial charge is 0.354 e. The van der Waals surface area contributed by atoms with Crippen molar-refractivity contribution >= 4 is 21.8 Å². The monoisotopic (exact) mass is 345 g/mol. The normalized spacial score (nSPS) is 11.6. The lowest BCUT2D eigenvalue weighted by atomic mass is 10.1. The first kappa shape index (κ1) is 15.3. The van der Waals surface area contributed by atoms with Gasteiger partial charge in [-0.3, -0.25) is 4.79 Å². The first-order valence-electron chi connectivity index (χ1n) is 6.74. The number of carbonyl (C=O) groups is 1. The molecule has 4 nitrogen and oxygen atoms in total. The fraction of sp³-hybridized carbons (Fsp3) is 0.250. The van der Waals surface area contributed by atoms with E-state index in [1.807, 2.05) is 53.4 Å². The molecular weight excluding hydrogens is 330 g/mol. The fourth-order valence-electron chi connectivity index (χ4n) is 2.05. The number of aryl methyl sites for hydroxylation is 1. The molecule has 0 saturated carbocycles. The Morgan fingerprint density at radius 2 is 2.10 bits per heavy atom. The number of benzene rings is 1. The Bertz CT molecular complexity index is 631.